The van der Waals surface area contributed by atoms with Gasteiger partial charge in [-0.2, -0.15) is 0 Å². The Bertz CT molecular complexity index is 858. The third kappa shape index (κ3) is 4.94. The molecule has 6 nitrogen and oxygen atoms in total. The van der Waals surface area contributed by atoms with E-state index in [-0.39, 0.29) is 34.3 Å². The van der Waals surface area contributed by atoms with E-state index in [4.69, 9.17) is 11.6 Å². The van der Waals surface area contributed by atoms with E-state index in [1.807, 2.05) is 0 Å². The maximum Gasteiger partial charge on any atom is 0.242 e. The van der Waals surface area contributed by atoms with Crippen molar-refractivity contribution in [3.63, 3.8) is 0 Å². The second kappa shape index (κ2) is 7.98. The van der Waals surface area contributed by atoms with Crippen LogP contribution in [-0.2, 0) is 14.8 Å². The first-order chi connectivity index (χ1) is 11.3. The number of nitrogens with one attached hydrogen (secondary N) is 2. The van der Waals surface area contributed by atoms with Gasteiger partial charge in [-0.25, -0.2) is 13.1 Å². The van der Waals surface area contributed by atoms with Crippen molar-refractivity contribution < 1.29 is 18.3 Å². The maximum absolute atomic E-state index is 12.1. The minimum Gasteiger partial charge on any atom is -0.506 e. The zero-order chi connectivity index (χ0) is 17.7. The van der Waals surface area contributed by atoms with Crippen LogP contribution in [0.4, 0.5) is 5.69 Å². The Morgan fingerprint density at radius 3 is 2.58 bits per heavy atom. The second-order valence-electron chi connectivity index (χ2n) is 4.79. The van der Waals surface area contributed by atoms with Crippen LogP contribution in [0.3, 0.4) is 0 Å². The van der Waals surface area contributed by atoms with Crippen molar-refractivity contribution in [2.45, 2.75) is 11.3 Å². The number of halogens is 2. The van der Waals surface area contributed by atoms with Crippen molar-refractivity contribution in [3.05, 3.63) is 52.0 Å². The molecule has 0 bridgehead atoms. The van der Waals surface area contributed by atoms with Crippen LogP contribution in [0, 0.1) is 0 Å². The molecule has 0 atom stereocenters. The zero-order valence-corrected chi connectivity index (χ0v) is 15.5. The first-order valence-corrected chi connectivity index (χ1v) is 9.47. The van der Waals surface area contributed by atoms with Gasteiger partial charge in [0, 0.05) is 17.4 Å². The average molecular weight is 434 g/mol. The summed E-state index contributed by atoms with van der Waals surface area (Å²) >= 11 is 9.05. The number of hydrogen-bond donors (Lipinski definition) is 3. The Balaban J connectivity index is 1.92. The number of benzene rings is 2. The zero-order valence-electron chi connectivity index (χ0n) is 12.3. The first kappa shape index (κ1) is 18.7. The maximum atomic E-state index is 12.1. The molecule has 0 heterocycles. The Morgan fingerprint density at radius 2 is 1.92 bits per heavy atom. The normalized spacial score (nSPS) is 11.2. The lowest BCUT2D eigenvalue weighted by Crippen LogP contribution is -2.28. The number of carbonyl (C=O) groups is 1. The molecule has 0 aliphatic heterocycles. The van der Waals surface area contributed by atoms with E-state index < -0.39 is 15.9 Å². The quantitative estimate of drug-likeness (QED) is 0.610. The van der Waals surface area contributed by atoms with Gasteiger partial charge in [-0.05, 0) is 30.3 Å². The summed E-state index contributed by atoms with van der Waals surface area (Å²) in [6.07, 6.45) is -0.0980. The largest absolute Gasteiger partial charge is 0.506 e. The van der Waals surface area contributed by atoms with Gasteiger partial charge in [-0.3, -0.25) is 4.79 Å². The number of phenolic OH excluding ortho intramolecular Hbond substituents is 1. The highest BCUT2D eigenvalue weighted by Crippen LogP contribution is 2.26. The molecule has 0 spiro atoms. The predicted molar refractivity (Wildman–Crippen MR) is 95.7 cm³/mol. The van der Waals surface area contributed by atoms with E-state index in [2.05, 4.69) is 26.0 Å². The molecule has 0 saturated carbocycles. The van der Waals surface area contributed by atoms with Crippen molar-refractivity contribution >= 4 is 49.1 Å². The minimum absolute atomic E-state index is 0.0439. The lowest BCUT2D eigenvalue weighted by Gasteiger charge is -2.09. The fraction of sp³-hybridized carbons (Fsp3) is 0.133. The monoisotopic (exact) mass is 432 g/mol. The van der Waals surface area contributed by atoms with Gasteiger partial charge in [0.1, 0.15) is 10.6 Å². The molecule has 2 aromatic carbocycles. The summed E-state index contributed by atoms with van der Waals surface area (Å²) in [6.45, 7) is -0.101. The molecule has 0 aromatic heterocycles. The number of rotatable bonds is 6. The van der Waals surface area contributed by atoms with Gasteiger partial charge in [0.05, 0.1) is 10.7 Å². The van der Waals surface area contributed by atoms with Crippen molar-refractivity contribution in [1.82, 2.24) is 4.72 Å². The number of carbonyl (C=O) groups excluding carboxylic acids is 1. The molecule has 0 radical (unpaired) electrons. The summed E-state index contributed by atoms with van der Waals surface area (Å²) in [4.78, 5) is 11.8. The van der Waals surface area contributed by atoms with E-state index >= 15 is 0 Å². The van der Waals surface area contributed by atoms with Gasteiger partial charge < -0.3 is 10.4 Å². The Labute approximate surface area is 153 Å². The summed E-state index contributed by atoms with van der Waals surface area (Å²) in [6, 6.07) is 10.7. The van der Waals surface area contributed by atoms with Crippen LogP contribution in [-0.4, -0.2) is 26.0 Å². The molecule has 2 rings (SSSR count). The molecule has 24 heavy (non-hydrogen) atoms. The first-order valence-electron chi connectivity index (χ1n) is 6.82. The van der Waals surface area contributed by atoms with Gasteiger partial charge in [-0.1, -0.05) is 39.7 Å². The summed E-state index contributed by atoms with van der Waals surface area (Å²) in [5, 5.41) is 12.3. The van der Waals surface area contributed by atoms with E-state index in [9.17, 15) is 18.3 Å². The molecule has 1 amide bonds. The number of amides is 1. The van der Waals surface area contributed by atoms with E-state index in [0.29, 0.717) is 4.47 Å². The van der Waals surface area contributed by atoms with Gasteiger partial charge >= 0.3 is 0 Å². The summed E-state index contributed by atoms with van der Waals surface area (Å²) < 4.78 is 27.2. The Morgan fingerprint density at radius 1 is 1.21 bits per heavy atom. The van der Waals surface area contributed by atoms with Crippen LogP contribution in [0.15, 0.2) is 51.8 Å². The predicted octanol–water partition coefficient (Wildman–Crippen LogP) is 3.12. The molecule has 128 valence electrons. The molecule has 9 heteroatoms. The van der Waals surface area contributed by atoms with Gasteiger partial charge in [0.25, 0.3) is 0 Å². The minimum atomic E-state index is -3.79. The highest BCUT2D eigenvalue weighted by Gasteiger charge is 2.17. The summed E-state index contributed by atoms with van der Waals surface area (Å²) in [5.41, 5.74) is 0.247. The number of aromatic hydroxyl groups is 1. The molecular weight excluding hydrogens is 420 g/mol. The molecule has 0 unspecified atom stereocenters. The third-order valence-corrected chi connectivity index (χ3v) is 5.46. The third-order valence-electron chi connectivity index (χ3n) is 3.00. The Kier molecular flexibility index (Phi) is 6.22. The molecular formula is C15H14BrClN2O4S. The number of sulfonamides is 1. The lowest BCUT2D eigenvalue weighted by molar-refractivity contribution is -0.116. The van der Waals surface area contributed by atoms with E-state index in [1.54, 1.807) is 18.2 Å². The van der Waals surface area contributed by atoms with E-state index in [1.165, 1.54) is 24.3 Å². The van der Waals surface area contributed by atoms with Crippen LogP contribution in [0.5, 0.6) is 5.75 Å². The van der Waals surface area contributed by atoms with Crippen molar-refractivity contribution in [3.8, 4) is 5.75 Å². The second-order valence-corrected chi connectivity index (χ2v) is 7.85. The fourth-order valence-electron chi connectivity index (χ4n) is 1.86. The van der Waals surface area contributed by atoms with Crippen LogP contribution in [0.1, 0.15) is 6.42 Å². The van der Waals surface area contributed by atoms with Gasteiger partial charge in [0.15, 0.2) is 0 Å². The Hall–Kier alpha value is -1.61. The van der Waals surface area contributed by atoms with Gasteiger partial charge in [-0.15, -0.1) is 0 Å². The van der Waals surface area contributed by atoms with Crippen LogP contribution < -0.4 is 10.0 Å². The van der Waals surface area contributed by atoms with Crippen molar-refractivity contribution in [2.24, 2.45) is 0 Å². The van der Waals surface area contributed by atoms with Crippen molar-refractivity contribution in [2.75, 3.05) is 11.9 Å². The number of hydrogen-bond acceptors (Lipinski definition) is 4. The van der Waals surface area contributed by atoms with Crippen molar-refractivity contribution in [1.29, 1.82) is 0 Å². The SMILES string of the molecule is O=C(CCNS(=O)(=O)c1ccccc1Cl)Nc1ccc(Br)cc1O. The van der Waals surface area contributed by atoms with Crippen LogP contribution in [0.2, 0.25) is 5.02 Å². The fourth-order valence-corrected chi connectivity index (χ4v) is 3.76. The smallest absolute Gasteiger partial charge is 0.242 e. The molecule has 0 aliphatic carbocycles. The summed E-state index contributed by atoms with van der Waals surface area (Å²) in [7, 11) is -3.79. The highest BCUT2D eigenvalue weighted by atomic mass is 79.9. The average Bonchev–Trinajstić information content (AvgIpc) is 2.50. The van der Waals surface area contributed by atoms with E-state index in [0.717, 1.165) is 0 Å². The molecule has 2 aromatic rings. The van der Waals surface area contributed by atoms with Gasteiger partial charge in [0.2, 0.25) is 15.9 Å². The topological polar surface area (TPSA) is 95.5 Å². The molecule has 0 saturated heterocycles. The van der Waals surface area contributed by atoms with Crippen LogP contribution >= 0.6 is 27.5 Å². The summed E-state index contributed by atoms with van der Waals surface area (Å²) in [5.74, 6) is -0.524. The molecule has 3 N–H and O–H groups in total. The molecule has 0 aliphatic rings. The number of phenols is 1. The lowest BCUT2D eigenvalue weighted by atomic mass is 10.3. The highest BCUT2D eigenvalue weighted by molar-refractivity contribution is 9.10. The molecule has 0 fully saturated rings. The standard InChI is InChI=1S/C15H14BrClN2O4S/c16-10-5-6-12(13(20)9-10)19-15(21)7-8-18-24(22,23)14-4-2-1-3-11(14)17/h1-6,9,18,20H,7-8H2,(H,19,21). The van der Waals surface area contributed by atoms with Crippen LogP contribution in [0.25, 0.3) is 0 Å². The number of anilines is 1.